The Kier molecular flexibility index (Phi) is 3.60. The maximum Gasteiger partial charge on any atom is 0.337 e. The number of aromatic nitrogens is 1. The van der Waals surface area contributed by atoms with Crippen LogP contribution >= 0.6 is 0 Å². The Bertz CT molecular complexity index is 685. The van der Waals surface area contributed by atoms with Crippen LogP contribution in [0.25, 0.3) is 11.1 Å². The fourth-order valence-electron chi connectivity index (χ4n) is 1.83. The summed E-state index contributed by atoms with van der Waals surface area (Å²) in [6, 6.07) is 7.81. The van der Waals surface area contributed by atoms with Crippen molar-refractivity contribution in [2.75, 3.05) is 12.8 Å². The van der Waals surface area contributed by atoms with Gasteiger partial charge in [-0.2, -0.15) is 0 Å². The summed E-state index contributed by atoms with van der Waals surface area (Å²) in [7, 11) is 1.27. The minimum atomic E-state index is -0.595. The van der Waals surface area contributed by atoms with Crippen molar-refractivity contribution in [1.29, 1.82) is 0 Å². The van der Waals surface area contributed by atoms with E-state index in [1.54, 1.807) is 18.2 Å². The molecule has 7 heteroatoms. The summed E-state index contributed by atoms with van der Waals surface area (Å²) in [5.41, 5.74) is 6.35. The number of esters is 1. The zero-order valence-electron chi connectivity index (χ0n) is 10.6. The van der Waals surface area contributed by atoms with Gasteiger partial charge in [0.05, 0.1) is 23.2 Å². The van der Waals surface area contributed by atoms with Crippen molar-refractivity contribution in [3.05, 3.63) is 52.2 Å². The van der Waals surface area contributed by atoms with E-state index >= 15 is 0 Å². The molecular weight excluding hydrogens is 262 g/mol. The van der Waals surface area contributed by atoms with Crippen molar-refractivity contribution in [2.24, 2.45) is 0 Å². The van der Waals surface area contributed by atoms with Crippen LogP contribution in [-0.2, 0) is 4.74 Å². The van der Waals surface area contributed by atoms with E-state index in [-0.39, 0.29) is 11.5 Å². The largest absolute Gasteiger partial charge is 0.465 e. The van der Waals surface area contributed by atoms with Crippen LogP contribution in [0.2, 0.25) is 0 Å². The number of methoxy groups -OCH3 is 1. The summed E-state index contributed by atoms with van der Waals surface area (Å²) in [5.74, 6) is -0.687. The number of nitrogens with zero attached hydrogens (tertiary/aromatic N) is 2. The van der Waals surface area contributed by atoms with E-state index in [4.69, 9.17) is 5.73 Å². The first-order chi connectivity index (χ1) is 9.54. The van der Waals surface area contributed by atoms with Crippen molar-refractivity contribution >= 4 is 17.5 Å². The molecule has 0 bridgehead atoms. The molecule has 0 fully saturated rings. The molecule has 0 atom stereocenters. The molecule has 0 saturated heterocycles. The minimum Gasteiger partial charge on any atom is -0.465 e. The number of pyridine rings is 1. The van der Waals surface area contributed by atoms with Crippen LogP contribution in [0.1, 0.15) is 10.4 Å². The second kappa shape index (κ2) is 5.35. The van der Waals surface area contributed by atoms with Gasteiger partial charge in [-0.25, -0.2) is 9.78 Å². The van der Waals surface area contributed by atoms with Crippen LogP contribution in [0.4, 0.5) is 11.5 Å². The zero-order chi connectivity index (χ0) is 14.7. The summed E-state index contributed by atoms with van der Waals surface area (Å²) >= 11 is 0. The molecule has 0 aliphatic heterocycles. The van der Waals surface area contributed by atoms with Gasteiger partial charge in [0.2, 0.25) is 5.82 Å². The van der Waals surface area contributed by atoms with Gasteiger partial charge in [0, 0.05) is 6.20 Å². The quantitative estimate of drug-likeness (QED) is 0.520. The number of carbonyl (C=O) groups is 1. The summed E-state index contributed by atoms with van der Waals surface area (Å²) in [4.78, 5) is 25.7. The van der Waals surface area contributed by atoms with Crippen molar-refractivity contribution in [1.82, 2.24) is 4.98 Å². The molecule has 0 unspecified atom stereocenters. The summed E-state index contributed by atoms with van der Waals surface area (Å²) < 4.78 is 4.62. The number of hydrogen-bond donors (Lipinski definition) is 1. The Morgan fingerprint density at radius 1 is 1.40 bits per heavy atom. The maximum atomic E-state index is 11.5. The Balaban J connectivity index is 2.60. The van der Waals surface area contributed by atoms with Gasteiger partial charge in [-0.15, -0.1) is 0 Å². The highest BCUT2D eigenvalue weighted by Crippen LogP contribution is 2.33. The first-order valence-electron chi connectivity index (χ1n) is 5.62. The Hall–Kier alpha value is -2.96. The molecule has 0 aliphatic carbocycles. The molecule has 1 aromatic carbocycles. The number of hydrogen-bond acceptors (Lipinski definition) is 6. The van der Waals surface area contributed by atoms with E-state index in [9.17, 15) is 14.9 Å². The topological polar surface area (TPSA) is 108 Å². The molecule has 1 aromatic heterocycles. The fourth-order valence-corrected chi connectivity index (χ4v) is 1.83. The number of benzene rings is 1. The van der Waals surface area contributed by atoms with Crippen molar-refractivity contribution < 1.29 is 14.5 Å². The van der Waals surface area contributed by atoms with Crippen molar-refractivity contribution in [3.63, 3.8) is 0 Å². The van der Waals surface area contributed by atoms with Gasteiger partial charge in [-0.3, -0.25) is 10.1 Å². The van der Waals surface area contributed by atoms with Crippen molar-refractivity contribution in [2.45, 2.75) is 0 Å². The Labute approximate surface area is 114 Å². The van der Waals surface area contributed by atoms with Gasteiger partial charge in [0.25, 0.3) is 0 Å². The second-order valence-electron chi connectivity index (χ2n) is 3.92. The van der Waals surface area contributed by atoms with Gasteiger partial charge in [-0.05, 0) is 23.8 Å². The highest BCUT2D eigenvalue weighted by atomic mass is 16.6. The average molecular weight is 273 g/mol. The summed E-state index contributed by atoms with van der Waals surface area (Å²) in [6.45, 7) is 0. The number of nitro groups is 1. The molecule has 7 nitrogen and oxygen atoms in total. The van der Waals surface area contributed by atoms with Gasteiger partial charge < -0.3 is 10.5 Å². The molecule has 0 saturated carbocycles. The molecule has 1 heterocycles. The lowest BCUT2D eigenvalue weighted by Gasteiger charge is -2.06. The predicted molar refractivity (Wildman–Crippen MR) is 72.1 cm³/mol. The first kappa shape index (κ1) is 13.5. The van der Waals surface area contributed by atoms with Gasteiger partial charge in [0.15, 0.2) is 0 Å². The molecule has 0 radical (unpaired) electrons. The lowest BCUT2D eigenvalue weighted by Crippen LogP contribution is -2.02. The summed E-state index contributed by atoms with van der Waals surface area (Å²) in [5, 5.41) is 11.1. The molecule has 2 rings (SSSR count). The van der Waals surface area contributed by atoms with E-state index in [1.165, 1.54) is 25.4 Å². The SMILES string of the molecule is COC(=O)c1cccc(-c2ccnc(N)c2[N+](=O)[O-])c1. The van der Waals surface area contributed by atoms with Gasteiger partial charge in [-0.1, -0.05) is 12.1 Å². The summed E-state index contributed by atoms with van der Waals surface area (Å²) in [6.07, 6.45) is 1.38. The third kappa shape index (κ3) is 2.41. The van der Waals surface area contributed by atoms with Crippen LogP contribution in [0.5, 0.6) is 0 Å². The molecule has 2 aromatic rings. The van der Waals surface area contributed by atoms with Crippen LogP contribution in [0, 0.1) is 10.1 Å². The van der Waals surface area contributed by atoms with Crippen LogP contribution in [0.3, 0.4) is 0 Å². The number of nitrogens with two attached hydrogens (primary N) is 1. The molecule has 20 heavy (non-hydrogen) atoms. The number of carbonyl (C=O) groups excluding carboxylic acids is 1. The van der Waals surface area contributed by atoms with E-state index in [2.05, 4.69) is 9.72 Å². The normalized spacial score (nSPS) is 10.1. The van der Waals surface area contributed by atoms with Crippen molar-refractivity contribution in [3.8, 4) is 11.1 Å². The predicted octanol–water partition coefficient (Wildman–Crippen LogP) is 2.03. The number of ether oxygens (including phenoxy) is 1. The highest BCUT2D eigenvalue weighted by molar-refractivity contribution is 5.92. The zero-order valence-corrected chi connectivity index (χ0v) is 10.6. The maximum absolute atomic E-state index is 11.5. The number of anilines is 1. The lowest BCUT2D eigenvalue weighted by atomic mass is 10.0. The lowest BCUT2D eigenvalue weighted by molar-refractivity contribution is -0.383. The molecule has 0 amide bonds. The molecule has 2 N–H and O–H groups in total. The highest BCUT2D eigenvalue weighted by Gasteiger charge is 2.20. The monoisotopic (exact) mass is 273 g/mol. The first-order valence-corrected chi connectivity index (χ1v) is 5.62. The van der Waals surface area contributed by atoms with E-state index in [0.717, 1.165) is 0 Å². The molecular formula is C13H11N3O4. The second-order valence-corrected chi connectivity index (χ2v) is 3.92. The fraction of sp³-hybridized carbons (Fsp3) is 0.0769. The van der Waals surface area contributed by atoms with E-state index in [1.807, 2.05) is 0 Å². The minimum absolute atomic E-state index is 0.170. The van der Waals surface area contributed by atoms with Crippen LogP contribution < -0.4 is 5.73 Å². The van der Waals surface area contributed by atoms with Crippen LogP contribution in [-0.4, -0.2) is 23.0 Å². The molecule has 0 aliphatic rings. The third-order valence-corrected chi connectivity index (χ3v) is 2.73. The molecule has 0 spiro atoms. The number of nitrogen functional groups attached to an aromatic ring is 1. The van der Waals surface area contributed by atoms with Crippen LogP contribution in [0.15, 0.2) is 36.5 Å². The Morgan fingerprint density at radius 3 is 2.80 bits per heavy atom. The smallest absolute Gasteiger partial charge is 0.337 e. The Morgan fingerprint density at radius 2 is 2.15 bits per heavy atom. The van der Waals surface area contributed by atoms with Gasteiger partial charge >= 0.3 is 11.7 Å². The van der Waals surface area contributed by atoms with Gasteiger partial charge in [0.1, 0.15) is 0 Å². The standard InChI is InChI=1S/C13H11N3O4/c1-20-13(17)9-4-2-3-8(7-9)10-5-6-15-12(14)11(10)16(18)19/h2-7H,1H3,(H2,14,15). The third-order valence-electron chi connectivity index (χ3n) is 2.73. The molecule has 102 valence electrons. The van der Waals surface area contributed by atoms with E-state index < -0.39 is 10.9 Å². The average Bonchev–Trinajstić information content (AvgIpc) is 2.45. The number of rotatable bonds is 3. The van der Waals surface area contributed by atoms with E-state index in [0.29, 0.717) is 16.7 Å².